The Hall–Kier alpha value is -2.02. The van der Waals surface area contributed by atoms with Gasteiger partial charge in [-0.1, -0.05) is 11.2 Å². The van der Waals surface area contributed by atoms with E-state index in [4.69, 9.17) is 15.2 Å². The van der Waals surface area contributed by atoms with Crippen LogP contribution in [-0.2, 0) is 0 Å². The Morgan fingerprint density at radius 2 is 2.29 bits per heavy atom. The zero-order valence-corrected chi connectivity index (χ0v) is 10.1. The van der Waals surface area contributed by atoms with Crippen molar-refractivity contribution in [3.63, 3.8) is 0 Å². The lowest BCUT2D eigenvalue weighted by Gasteiger charge is -2.11. The Morgan fingerprint density at radius 1 is 1.53 bits per heavy atom. The van der Waals surface area contributed by atoms with Crippen molar-refractivity contribution >= 4 is 5.71 Å². The molecule has 0 atom stereocenters. The molecule has 0 saturated heterocycles. The molecule has 0 aliphatic heterocycles. The summed E-state index contributed by atoms with van der Waals surface area (Å²) in [5, 5.41) is 20.4. The third kappa shape index (κ3) is 3.80. The standard InChI is InChI=1S/C13H16N2O2/c1-10-5-6-12(11(2)15-16)13(9-10)17-8-4-3-7-14/h5-6,9,16H,3-4,8H2,1-2H3/b15-11+. The minimum Gasteiger partial charge on any atom is -0.493 e. The number of hydrogen-bond acceptors (Lipinski definition) is 4. The van der Waals surface area contributed by atoms with E-state index in [2.05, 4.69) is 11.2 Å². The fourth-order valence-corrected chi connectivity index (χ4v) is 1.44. The molecule has 0 saturated carbocycles. The number of ether oxygens (including phenoxy) is 1. The molecule has 0 aromatic heterocycles. The molecule has 1 aromatic carbocycles. The molecule has 0 unspecified atom stereocenters. The minimum atomic E-state index is 0.480. The van der Waals surface area contributed by atoms with Crippen LogP contribution in [0.15, 0.2) is 23.4 Å². The first-order valence-corrected chi connectivity index (χ1v) is 5.48. The van der Waals surface area contributed by atoms with Gasteiger partial charge in [0.2, 0.25) is 0 Å². The van der Waals surface area contributed by atoms with Gasteiger partial charge in [0.25, 0.3) is 0 Å². The third-order valence-corrected chi connectivity index (χ3v) is 2.37. The SMILES string of the molecule is C/C(=N\O)c1ccc(C)cc1OCCCC#N. The van der Waals surface area contributed by atoms with Gasteiger partial charge in [-0.05, 0) is 38.0 Å². The summed E-state index contributed by atoms with van der Waals surface area (Å²) >= 11 is 0. The van der Waals surface area contributed by atoms with Crippen LogP contribution in [0.2, 0.25) is 0 Å². The van der Waals surface area contributed by atoms with Gasteiger partial charge < -0.3 is 9.94 Å². The molecule has 0 aliphatic rings. The molecule has 1 N–H and O–H groups in total. The number of rotatable bonds is 5. The van der Waals surface area contributed by atoms with Crippen LogP contribution in [0.4, 0.5) is 0 Å². The lowest BCUT2D eigenvalue weighted by Crippen LogP contribution is -2.04. The number of benzene rings is 1. The molecule has 0 radical (unpaired) electrons. The molecular formula is C13H16N2O2. The van der Waals surface area contributed by atoms with Crippen molar-refractivity contribution < 1.29 is 9.94 Å². The fourth-order valence-electron chi connectivity index (χ4n) is 1.44. The van der Waals surface area contributed by atoms with E-state index in [-0.39, 0.29) is 0 Å². The largest absolute Gasteiger partial charge is 0.493 e. The number of unbranched alkanes of at least 4 members (excludes halogenated alkanes) is 1. The predicted octanol–water partition coefficient (Wildman–Crippen LogP) is 2.88. The average Bonchev–Trinajstić information content (AvgIpc) is 2.34. The first-order valence-electron chi connectivity index (χ1n) is 5.48. The topological polar surface area (TPSA) is 65.6 Å². The maximum absolute atomic E-state index is 8.78. The Bertz CT molecular complexity index is 447. The van der Waals surface area contributed by atoms with Gasteiger partial charge in [-0.25, -0.2) is 0 Å². The van der Waals surface area contributed by atoms with E-state index < -0.39 is 0 Å². The summed E-state index contributed by atoms with van der Waals surface area (Å²) in [4.78, 5) is 0. The van der Waals surface area contributed by atoms with Crippen molar-refractivity contribution in [1.29, 1.82) is 5.26 Å². The van der Waals surface area contributed by atoms with Crippen LogP contribution in [0.1, 0.15) is 30.9 Å². The summed E-state index contributed by atoms with van der Waals surface area (Å²) in [6.07, 6.45) is 1.17. The van der Waals surface area contributed by atoms with Gasteiger partial charge >= 0.3 is 0 Å². The second-order valence-corrected chi connectivity index (χ2v) is 3.80. The average molecular weight is 232 g/mol. The normalized spacial score (nSPS) is 11.0. The number of oxime groups is 1. The smallest absolute Gasteiger partial charge is 0.128 e. The van der Waals surface area contributed by atoms with Crippen LogP contribution in [0.25, 0.3) is 0 Å². The van der Waals surface area contributed by atoms with Gasteiger partial charge in [-0.15, -0.1) is 0 Å². The summed E-state index contributed by atoms with van der Waals surface area (Å²) in [6.45, 7) is 4.17. The van der Waals surface area contributed by atoms with Crippen molar-refractivity contribution in [2.75, 3.05) is 6.61 Å². The lowest BCUT2D eigenvalue weighted by molar-refractivity contribution is 0.308. The van der Waals surface area contributed by atoms with Crippen molar-refractivity contribution in [3.05, 3.63) is 29.3 Å². The zero-order chi connectivity index (χ0) is 12.7. The van der Waals surface area contributed by atoms with E-state index in [1.54, 1.807) is 6.92 Å². The van der Waals surface area contributed by atoms with E-state index in [9.17, 15) is 0 Å². The first-order chi connectivity index (χ1) is 8.19. The molecule has 1 aromatic rings. The predicted molar refractivity (Wildman–Crippen MR) is 65.5 cm³/mol. The van der Waals surface area contributed by atoms with Gasteiger partial charge in [0.1, 0.15) is 5.75 Å². The fraction of sp³-hybridized carbons (Fsp3) is 0.385. The molecule has 0 aliphatic carbocycles. The van der Waals surface area contributed by atoms with Gasteiger partial charge in [0, 0.05) is 12.0 Å². The summed E-state index contributed by atoms with van der Waals surface area (Å²) in [7, 11) is 0. The molecular weight excluding hydrogens is 216 g/mol. The van der Waals surface area contributed by atoms with E-state index in [0.29, 0.717) is 30.9 Å². The summed E-state index contributed by atoms with van der Waals surface area (Å²) in [5.41, 5.74) is 2.37. The quantitative estimate of drug-likeness (QED) is 0.367. The lowest BCUT2D eigenvalue weighted by atomic mass is 10.1. The number of nitrogens with zero attached hydrogens (tertiary/aromatic N) is 2. The van der Waals surface area contributed by atoms with Crippen molar-refractivity contribution in [3.8, 4) is 11.8 Å². The second kappa shape index (κ2) is 6.54. The Labute approximate surface area is 101 Å². The highest BCUT2D eigenvalue weighted by Crippen LogP contribution is 2.21. The van der Waals surface area contributed by atoms with Crippen LogP contribution in [0.5, 0.6) is 5.75 Å². The van der Waals surface area contributed by atoms with Gasteiger partial charge in [-0.2, -0.15) is 5.26 Å². The maximum Gasteiger partial charge on any atom is 0.128 e. The Kier molecular flexibility index (Phi) is 5.02. The van der Waals surface area contributed by atoms with Crippen LogP contribution in [0, 0.1) is 18.3 Å². The number of aryl methyl sites for hydroxylation is 1. The highest BCUT2D eigenvalue weighted by atomic mass is 16.5. The molecule has 90 valence electrons. The van der Waals surface area contributed by atoms with Crippen molar-refractivity contribution in [2.45, 2.75) is 26.7 Å². The zero-order valence-electron chi connectivity index (χ0n) is 10.1. The van der Waals surface area contributed by atoms with E-state index in [1.807, 2.05) is 25.1 Å². The van der Waals surface area contributed by atoms with Gasteiger partial charge in [0.15, 0.2) is 0 Å². The monoisotopic (exact) mass is 232 g/mol. The molecule has 0 amide bonds. The van der Waals surface area contributed by atoms with E-state index in [0.717, 1.165) is 11.1 Å². The molecule has 4 nitrogen and oxygen atoms in total. The highest BCUT2D eigenvalue weighted by molar-refractivity contribution is 6.00. The molecule has 0 heterocycles. The van der Waals surface area contributed by atoms with Gasteiger partial charge in [-0.3, -0.25) is 0 Å². The van der Waals surface area contributed by atoms with Gasteiger partial charge in [0.05, 0.1) is 18.4 Å². The van der Waals surface area contributed by atoms with E-state index >= 15 is 0 Å². The van der Waals surface area contributed by atoms with E-state index in [1.165, 1.54) is 0 Å². The van der Waals surface area contributed by atoms with Crippen molar-refractivity contribution in [2.24, 2.45) is 5.16 Å². The summed E-state index contributed by atoms with van der Waals surface area (Å²) in [6, 6.07) is 7.77. The summed E-state index contributed by atoms with van der Waals surface area (Å²) in [5.74, 6) is 0.693. The number of hydrogen-bond donors (Lipinski definition) is 1. The molecule has 0 fully saturated rings. The van der Waals surface area contributed by atoms with Crippen LogP contribution in [0.3, 0.4) is 0 Å². The van der Waals surface area contributed by atoms with Crippen LogP contribution >= 0.6 is 0 Å². The molecule has 0 bridgehead atoms. The van der Waals surface area contributed by atoms with Crippen LogP contribution in [-0.4, -0.2) is 17.5 Å². The molecule has 0 spiro atoms. The maximum atomic E-state index is 8.78. The Balaban J connectivity index is 2.81. The molecule has 17 heavy (non-hydrogen) atoms. The Morgan fingerprint density at radius 3 is 2.94 bits per heavy atom. The number of nitriles is 1. The molecule has 1 rings (SSSR count). The molecule has 4 heteroatoms. The minimum absolute atomic E-state index is 0.480. The van der Waals surface area contributed by atoms with Crippen molar-refractivity contribution in [1.82, 2.24) is 0 Å². The summed E-state index contributed by atoms with van der Waals surface area (Å²) < 4.78 is 5.60. The second-order valence-electron chi connectivity index (χ2n) is 3.80. The third-order valence-electron chi connectivity index (χ3n) is 2.37. The highest BCUT2D eigenvalue weighted by Gasteiger charge is 2.07. The first kappa shape index (κ1) is 13.0. The van der Waals surface area contributed by atoms with Crippen LogP contribution < -0.4 is 4.74 Å².